The molecule has 1 rings (SSSR count). The number of rotatable bonds is 1. The molecule has 0 bridgehead atoms. The Morgan fingerprint density at radius 2 is 2.09 bits per heavy atom. The van der Waals surface area contributed by atoms with E-state index in [9.17, 15) is 4.79 Å². The zero-order valence-electron chi connectivity index (χ0n) is 6.36. The van der Waals surface area contributed by atoms with Gasteiger partial charge in [0.1, 0.15) is 0 Å². The lowest BCUT2D eigenvalue weighted by Crippen LogP contribution is -2.50. The molecule has 0 aromatic rings. The fraction of sp³-hybridized carbons (Fsp3) is 0.667. The Morgan fingerprint density at radius 1 is 1.73 bits per heavy atom. The molecular weight excluding hydrogens is 148 g/mol. The van der Waals surface area contributed by atoms with Crippen molar-refractivity contribution in [2.75, 3.05) is 20.1 Å². The van der Waals surface area contributed by atoms with Crippen molar-refractivity contribution >= 4 is 12.4 Å². The summed E-state index contributed by atoms with van der Waals surface area (Å²) < 4.78 is 0. The number of likely N-dealkylation sites (tertiary alicyclic amines) is 1. The Morgan fingerprint density at radius 3 is 2.18 bits per heavy atom. The third-order valence-electron chi connectivity index (χ3n) is 1.47. The first-order chi connectivity index (χ1) is 5.11. The highest BCUT2D eigenvalue weighted by atomic mass is 16.3. The van der Waals surface area contributed by atoms with E-state index in [0.29, 0.717) is 0 Å². The standard InChI is InChI=1S/C5H10N2O.CH2O2/c1-7-2-4(3-7)5(6)8;2-1-3/h4H,2-3H2,1H3,(H2,6,8);1H,(H,2,3). The van der Waals surface area contributed by atoms with Crippen LogP contribution in [0.5, 0.6) is 0 Å². The number of amides is 1. The molecule has 0 unspecified atom stereocenters. The van der Waals surface area contributed by atoms with Crippen LogP contribution in [0.4, 0.5) is 0 Å². The van der Waals surface area contributed by atoms with Crippen LogP contribution in [-0.2, 0) is 9.59 Å². The maximum atomic E-state index is 10.3. The van der Waals surface area contributed by atoms with Crippen LogP contribution in [0.1, 0.15) is 0 Å². The second-order valence-electron chi connectivity index (χ2n) is 2.43. The number of nitrogens with two attached hydrogens (primary N) is 1. The zero-order valence-corrected chi connectivity index (χ0v) is 6.36. The van der Waals surface area contributed by atoms with Crippen LogP contribution >= 0.6 is 0 Å². The number of carboxylic acid groups (broad SMARTS) is 1. The Balaban J connectivity index is 0.000000292. The van der Waals surface area contributed by atoms with Gasteiger partial charge >= 0.3 is 0 Å². The van der Waals surface area contributed by atoms with E-state index in [2.05, 4.69) is 4.90 Å². The van der Waals surface area contributed by atoms with Crippen molar-refractivity contribution in [2.24, 2.45) is 11.7 Å². The maximum absolute atomic E-state index is 10.3. The highest BCUT2D eigenvalue weighted by molar-refractivity contribution is 5.78. The topological polar surface area (TPSA) is 83.6 Å². The van der Waals surface area contributed by atoms with Crippen molar-refractivity contribution in [1.82, 2.24) is 4.90 Å². The quantitative estimate of drug-likeness (QED) is 0.469. The van der Waals surface area contributed by atoms with Crippen LogP contribution in [0.15, 0.2) is 0 Å². The van der Waals surface area contributed by atoms with Crippen LogP contribution in [-0.4, -0.2) is 42.5 Å². The lowest BCUT2D eigenvalue weighted by atomic mass is 10.0. The number of hydrogen-bond donors (Lipinski definition) is 2. The third kappa shape index (κ3) is 3.57. The fourth-order valence-electron chi connectivity index (χ4n) is 0.879. The van der Waals surface area contributed by atoms with Crippen LogP contribution in [0.3, 0.4) is 0 Å². The molecule has 1 aliphatic rings. The highest BCUT2D eigenvalue weighted by Crippen LogP contribution is 2.10. The predicted octanol–water partition coefficient (Wildman–Crippen LogP) is -1.27. The minimum Gasteiger partial charge on any atom is -0.483 e. The lowest BCUT2D eigenvalue weighted by molar-refractivity contribution is -0.126. The fourth-order valence-corrected chi connectivity index (χ4v) is 0.879. The van der Waals surface area contributed by atoms with Gasteiger partial charge in [-0.2, -0.15) is 0 Å². The minimum absolute atomic E-state index is 0.125. The van der Waals surface area contributed by atoms with Crippen molar-refractivity contribution < 1.29 is 14.7 Å². The molecule has 1 saturated heterocycles. The van der Waals surface area contributed by atoms with Gasteiger partial charge in [-0.1, -0.05) is 0 Å². The van der Waals surface area contributed by atoms with E-state index >= 15 is 0 Å². The van der Waals surface area contributed by atoms with Gasteiger partial charge in [-0.25, -0.2) is 0 Å². The molecule has 3 N–H and O–H groups in total. The van der Waals surface area contributed by atoms with Crippen molar-refractivity contribution in [1.29, 1.82) is 0 Å². The first kappa shape index (κ1) is 9.90. The van der Waals surface area contributed by atoms with Crippen molar-refractivity contribution in [3.05, 3.63) is 0 Å². The molecule has 1 fully saturated rings. The number of hydrogen-bond acceptors (Lipinski definition) is 3. The summed E-state index contributed by atoms with van der Waals surface area (Å²) in [4.78, 5) is 20.7. The molecule has 1 aliphatic heterocycles. The van der Waals surface area contributed by atoms with Crippen molar-refractivity contribution in [3.8, 4) is 0 Å². The Hall–Kier alpha value is -1.10. The Labute approximate surface area is 64.8 Å². The van der Waals surface area contributed by atoms with E-state index in [0.717, 1.165) is 13.1 Å². The van der Waals surface area contributed by atoms with Gasteiger partial charge in [-0.05, 0) is 7.05 Å². The molecule has 5 nitrogen and oxygen atoms in total. The van der Waals surface area contributed by atoms with Gasteiger partial charge < -0.3 is 15.7 Å². The maximum Gasteiger partial charge on any atom is 0.290 e. The average molecular weight is 160 g/mol. The van der Waals surface area contributed by atoms with Gasteiger partial charge in [0.25, 0.3) is 6.47 Å². The lowest BCUT2D eigenvalue weighted by Gasteiger charge is -2.33. The summed E-state index contributed by atoms with van der Waals surface area (Å²) >= 11 is 0. The van der Waals surface area contributed by atoms with Gasteiger partial charge in [0.05, 0.1) is 5.92 Å². The molecule has 0 atom stereocenters. The minimum atomic E-state index is -0.250. The number of primary amides is 1. The van der Waals surface area contributed by atoms with E-state index in [1.165, 1.54) is 0 Å². The first-order valence-electron chi connectivity index (χ1n) is 3.17. The third-order valence-corrected chi connectivity index (χ3v) is 1.47. The molecule has 0 radical (unpaired) electrons. The summed E-state index contributed by atoms with van der Waals surface area (Å²) in [5.74, 6) is -0.0388. The zero-order chi connectivity index (χ0) is 8.85. The van der Waals surface area contributed by atoms with Crippen LogP contribution in [0, 0.1) is 5.92 Å². The normalized spacial score (nSPS) is 17.5. The van der Waals surface area contributed by atoms with Gasteiger partial charge in [-0.3, -0.25) is 9.59 Å². The Kier molecular flexibility index (Phi) is 4.21. The van der Waals surface area contributed by atoms with Gasteiger partial charge in [0.2, 0.25) is 5.91 Å². The van der Waals surface area contributed by atoms with Crippen LogP contribution in [0.25, 0.3) is 0 Å². The second kappa shape index (κ2) is 4.68. The molecule has 1 heterocycles. The largest absolute Gasteiger partial charge is 0.483 e. The van der Waals surface area contributed by atoms with Crippen LogP contribution < -0.4 is 5.73 Å². The summed E-state index contributed by atoms with van der Waals surface area (Å²) in [6.07, 6.45) is 0. The summed E-state index contributed by atoms with van der Waals surface area (Å²) in [6, 6.07) is 0. The van der Waals surface area contributed by atoms with Gasteiger partial charge in [-0.15, -0.1) is 0 Å². The number of carbonyl (C=O) groups is 2. The SMILES string of the molecule is CN1CC(C(N)=O)C1.O=CO. The monoisotopic (exact) mass is 160 g/mol. The summed E-state index contributed by atoms with van der Waals surface area (Å²) in [5, 5.41) is 6.89. The molecule has 11 heavy (non-hydrogen) atoms. The molecule has 0 aliphatic carbocycles. The smallest absolute Gasteiger partial charge is 0.290 e. The molecular formula is C6H12N2O3. The first-order valence-corrected chi connectivity index (χ1v) is 3.17. The molecule has 0 aromatic heterocycles. The average Bonchev–Trinajstić information content (AvgIpc) is 1.82. The van der Waals surface area contributed by atoms with Crippen LogP contribution in [0.2, 0.25) is 0 Å². The van der Waals surface area contributed by atoms with Gasteiger partial charge in [0, 0.05) is 13.1 Å². The number of carbonyl (C=O) groups excluding carboxylic acids is 1. The molecule has 0 aromatic carbocycles. The van der Waals surface area contributed by atoms with E-state index < -0.39 is 0 Å². The molecule has 64 valence electrons. The second-order valence-corrected chi connectivity index (χ2v) is 2.43. The van der Waals surface area contributed by atoms with E-state index in [-0.39, 0.29) is 18.3 Å². The van der Waals surface area contributed by atoms with E-state index in [1.807, 2.05) is 7.05 Å². The highest BCUT2D eigenvalue weighted by Gasteiger charge is 2.27. The molecule has 0 saturated carbocycles. The molecule has 5 heteroatoms. The molecule has 0 spiro atoms. The molecule has 1 amide bonds. The van der Waals surface area contributed by atoms with Gasteiger partial charge in [0.15, 0.2) is 0 Å². The van der Waals surface area contributed by atoms with Crippen molar-refractivity contribution in [2.45, 2.75) is 0 Å². The number of nitrogens with zero attached hydrogens (tertiary/aromatic N) is 1. The Bertz CT molecular complexity index is 143. The predicted molar refractivity (Wildman–Crippen MR) is 38.9 cm³/mol. The van der Waals surface area contributed by atoms with E-state index in [4.69, 9.17) is 15.6 Å². The summed E-state index contributed by atoms with van der Waals surface area (Å²) in [7, 11) is 1.97. The van der Waals surface area contributed by atoms with Crippen molar-refractivity contribution in [3.63, 3.8) is 0 Å². The summed E-state index contributed by atoms with van der Waals surface area (Å²) in [6.45, 7) is 1.44. The summed E-state index contributed by atoms with van der Waals surface area (Å²) in [5.41, 5.74) is 4.99. The van der Waals surface area contributed by atoms with E-state index in [1.54, 1.807) is 0 Å².